The summed E-state index contributed by atoms with van der Waals surface area (Å²) in [5, 5.41) is 12.3. The summed E-state index contributed by atoms with van der Waals surface area (Å²) in [6, 6.07) is 8.41. The number of nitrogens with one attached hydrogen (secondary N) is 1. The second-order valence-electron chi connectivity index (χ2n) is 4.19. The molecule has 2 rings (SSSR count). The summed E-state index contributed by atoms with van der Waals surface area (Å²) in [6.45, 7) is 0.125. The van der Waals surface area contributed by atoms with Gasteiger partial charge in [-0.1, -0.05) is 0 Å². The van der Waals surface area contributed by atoms with E-state index in [1.54, 1.807) is 12.1 Å². The van der Waals surface area contributed by atoms with Crippen molar-refractivity contribution < 1.29 is 14.3 Å². The summed E-state index contributed by atoms with van der Waals surface area (Å²) >= 11 is 3.13. The van der Waals surface area contributed by atoms with Crippen LogP contribution in [0.4, 0.5) is 10.1 Å². The number of aromatic hydroxyl groups is 1. The Hall–Kier alpha value is -2.08. The average Bonchev–Trinajstić information content (AvgIpc) is 2.39. The van der Waals surface area contributed by atoms with Crippen molar-refractivity contribution in [2.45, 2.75) is 6.54 Å². The number of hydrogen-bond donors (Lipinski definition) is 3. The quantitative estimate of drug-likeness (QED) is 0.595. The first-order valence-corrected chi connectivity index (χ1v) is 6.57. The van der Waals surface area contributed by atoms with Crippen LogP contribution < -0.4 is 11.1 Å². The van der Waals surface area contributed by atoms with E-state index in [0.29, 0.717) is 21.3 Å². The highest BCUT2D eigenvalue weighted by molar-refractivity contribution is 9.10. The van der Waals surface area contributed by atoms with Gasteiger partial charge in [0.1, 0.15) is 11.6 Å². The van der Waals surface area contributed by atoms with Crippen LogP contribution in [0.25, 0.3) is 0 Å². The fourth-order valence-electron chi connectivity index (χ4n) is 1.69. The van der Waals surface area contributed by atoms with E-state index in [2.05, 4.69) is 21.2 Å². The average molecular weight is 339 g/mol. The van der Waals surface area contributed by atoms with Crippen molar-refractivity contribution in [3.8, 4) is 5.75 Å². The highest BCUT2D eigenvalue weighted by Crippen LogP contribution is 2.21. The molecule has 4 N–H and O–H groups in total. The lowest BCUT2D eigenvalue weighted by Crippen LogP contribution is -2.23. The minimum atomic E-state index is -0.429. The number of anilines is 1. The van der Waals surface area contributed by atoms with Gasteiger partial charge in [0.15, 0.2) is 0 Å². The van der Waals surface area contributed by atoms with Gasteiger partial charge in [-0.3, -0.25) is 4.79 Å². The lowest BCUT2D eigenvalue weighted by atomic mass is 10.1. The van der Waals surface area contributed by atoms with Crippen molar-refractivity contribution in [3.63, 3.8) is 0 Å². The number of carbonyl (C=O) groups excluding carboxylic acids is 1. The Morgan fingerprint density at radius 1 is 1.30 bits per heavy atom. The molecule has 0 heterocycles. The molecular formula is C14H12BrFN2O2. The van der Waals surface area contributed by atoms with Crippen LogP contribution in [0.15, 0.2) is 40.9 Å². The molecule has 0 radical (unpaired) electrons. The Bertz CT molecular complexity index is 662. The third-order valence-electron chi connectivity index (χ3n) is 2.72. The van der Waals surface area contributed by atoms with Gasteiger partial charge in [0.2, 0.25) is 0 Å². The third-order valence-corrected chi connectivity index (χ3v) is 3.37. The smallest absolute Gasteiger partial charge is 0.252 e. The Kier molecular flexibility index (Phi) is 4.24. The molecule has 1 amide bonds. The second-order valence-corrected chi connectivity index (χ2v) is 5.05. The number of phenolic OH excluding ortho intramolecular Hbond substituents is 1. The summed E-state index contributed by atoms with van der Waals surface area (Å²) < 4.78 is 13.3. The Morgan fingerprint density at radius 2 is 2.05 bits per heavy atom. The predicted molar refractivity (Wildman–Crippen MR) is 77.8 cm³/mol. The zero-order valence-electron chi connectivity index (χ0n) is 10.4. The topological polar surface area (TPSA) is 75.3 Å². The molecule has 0 aliphatic heterocycles. The minimum absolute atomic E-state index is 0.0534. The molecule has 0 bridgehead atoms. The number of amides is 1. The Morgan fingerprint density at radius 3 is 2.75 bits per heavy atom. The largest absolute Gasteiger partial charge is 0.508 e. The molecule has 0 unspecified atom stereocenters. The number of halogens is 2. The summed E-state index contributed by atoms with van der Waals surface area (Å²) in [6.07, 6.45) is 0. The molecule has 0 saturated carbocycles. The van der Waals surface area contributed by atoms with Crippen LogP contribution >= 0.6 is 15.9 Å². The molecule has 0 aliphatic carbocycles. The van der Waals surface area contributed by atoms with Gasteiger partial charge in [0.25, 0.3) is 5.91 Å². The van der Waals surface area contributed by atoms with Crippen molar-refractivity contribution >= 4 is 27.5 Å². The summed E-state index contributed by atoms with van der Waals surface area (Å²) in [4.78, 5) is 12.0. The Labute approximate surface area is 123 Å². The van der Waals surface area contributed by atoms with E-state index in [-0.39, 0.29) is 18.2 Å². The van der Waals surface area contributed by atoms with Crippen LogP contribution in [0, 0.1) is 5.82 Å². The van der Waals surface area contributed by atoms with Crippen LogP contribution in [0.2, 0.25) is 0 Å². The van der Waals surface area contributed by atoms with Crippen molar-refractivity contribution in [1.82, 2.24) is 5.32 Å². The Balaban J connectivity index is 2.10. The van der Waals surface area contributed by atoms with E-state index in [9.17, 15) is 14.3 Å². The predicted octanol–water partition coefficient (Wildman–Crippen LogP) is 2.81. The number of phenols is 1. The maximum atomic E-state index is 13.0. The van der Waals surface area contributed by atoms with Crippen LogP contribution in [0.1, 0.15) is 15.9 Å². The lowest BCUT2D eigenvalue weighted by Gasteiger charge is -2.09. The molecule has 104 valence electrons. The molecule has 0 fully saturated rings. The first-order valence-electron chi connectivity index (χ1n) is 5.78. The zero-order chi connectivity index (χ0) is 14.7. The maximum Gasteiger partial charge on any atom is 0.252 e. The third kappa shape index (κ3) is 3.27. The minimum Gasteiger partial charge on any atom is -0.508 e. The molecular weight excluding hydrogens is 327 g/mol. The van der Waals surface area contributed by atoms with Gasteiger partial charge in [-0.2, -0.15) is 0 Å². The summed E-state index contributed by atoms with van der Waals surface area (Å²) in [7, 11) is 0. The monoisotopic (exact) mass is 338 g/mol. The normalized spacial score (nSPS) is 10.3. The van der Waals surface area contributed by atoms with Gasteiger partial charge in [-0.15, -0.1) is 0 Å². The number of rotatable bonds is 3. The molecule has 0 atom stereocenters. The van der Waals surface area contributed by atoms with Crippen molar-refractivity contribution in [3.05, 3.63) is 57.8 Å². The highest BCUT2D eigenvalue weighted by atomic mass is 79.9. The molecule has 20 heavy (non-hydrogen) atoms. The van der Waals surface area contributed by atoms with Gasteiger partial charge in [-0.05, 0) is 52.3 Å². The number of hydrogen-bond acceptors (Lipinski definition) is 3. The van der Waals surface area contributed by atoms with Gasteiger partial charge >= 0.3 is 0 Å². The number of carbonyl (C=O) groups is 1. The number of nitrogens with two attached hydrogens (primary N) is 1. The lowest BCUT2D eigenvalue weighted by molar-refractivity contribution is 0.0950. The van der Waals surface area contributed by atoms with E-state index >= 15 is 0 Å². The molecule has 4 nitrogen and oxygen atoms in total. The standard InChI is InChI=1S/C14H12BrFN2O2/c15-12-6-9(16)1-3-11(12)14(20)18-7-8-5-10(17)2-4-13(8)19/h1-6,19H,7,17H2,(H,18,20). The molecule has 6 heteroatoms. The molecule has 2 aromatic carbocycles. The van der Waals surface area contributed by atoms with Crippen molar-refractivity contribution in [2.75, 3.05) is 5.73 Å². The second kappa shape index (κ2) is 5.92. The van der Waals surface area contributed by atoms with Crippen LogP contribution in [0.5, 0.6) is 5.75 Å². The van der Waals surface area contributed by atoms with Crippen molar-refractivity contribution in [1.29, 1.82) is 0 Å². The fourth-order valence-corrected chi connectivity index (χ4v) is 2.22. The van der Waals surface area contributed by atoms with Crippen LogP contribution in [-0.2, 0) is 6.54 Å². The molecule has 2 aromatic rings. The summed E-state index contributed by atoms with van der Waals surface area (Å²) in [5.74, 6) is -0.752. The number of nitrogen functional groups attached to an aromatic ring is 1. The number of benzene rings is 2. The SMILES string of the molecule is Nc1ccc(O)c(CNC(=O)c2ccc(F)cc2Br)c1. The van der Waals surface area contributed by atoms with Crippen LogP contribution in [0.3, 0.4) is 0 Å². The molecule has 0 saturated heterocycles. The molecule has 0 aliphatic rings. The van der Waals surface area contributed by atoms with Gasteiger partial charge in [0, 0.05) is 22.3 Å². The van der Waals surface area contributed by atoms with Gasteiger partial charge in [-0.25, -0.2) is 4.39 Å². The maximum absolute atomic E-state index is 13.0. The highest BCUT2D eigenvalue weighted by Gasteiger charge is 2.11. The molecule has 0 spiro atoms. The van der Waals surface area contributed by atoms with Crippen molar-refractivity contribution in [2.24, 2.45) is 0 Å². The van der Waals surface area contributed by atoms with Gasteiger partial charge < -0.3 is 16.2 Å². The van der Waals surface area contributed by atoms with E-state index in [0.717, 1.165) is 0 Å². The summed E-state index contributed by atoms with van der Waals surface area (Å²) in [5.41, 5.74) is 6.93. The van der Waals surface area contributed by atoms with Crippen LogP contribution in [-0.4, -0.2) is 11.0 Å². The first-order chi connectivity index (χ1) is 9.47. The molecule has 0 aromatic heterocycles. The van der Waals surface area contributed by atoms with E-state index in [1.807, 2.05) is 0 Å². The fraction of sp³-hybridized carbons (Fsp3) is 0.0714. The van der Waals surface area contributed by atoms with E-state index < -0.39 is 5.82 Å². The first kappa shape index (κ1) is 14.3. The van der Waals surface area contributed by atoms with E-state index in [1.165, 1.54) is 24.3 Å². The van der Waals surface area contributed by atoms with Gasteiger partial charge in [0.05, 0.1) is 5.56 Å². The van der Waals surface area contributed by atoms with E-state index in [4.69, 9.17) is 5.73 Å². The zero-order valence-corrected chi connectivity index (χ0v) is 11.9.